The molecule has 2 aromatic rings. The first-order valence-corrected chi connectivity index (χ1v) is 8.08. The number of nitrogens with zero attached hydrogens (tertiary/aromatic N) is 2. The van der Waals surface area contributed by atoms with Gasteiger partial charge in [0.15, 0.2) is 0 Å². The van der Waals surface area contributed by atoms with Crippen LogP contribution in [0.5, 0.6) is 0 Å². The zero-order valence-electron chi connectivity index (χ0n) is 13.2. The summed E-state index contributed by atoms with van der Waals surface area (Å²) in [7, 11) is 0. The second kappa shape index (κ2) is 7.28. The summed E-state index contributed by atoms with van der Waals surface area (Å²) in [5.41, 5.74) is 7.19. The fourth-order valence-corrected chi connectivity index (χ4v) is 2.95. The number of fused-ring (bicyclic) bond motifs is 1. The average molecular weight is 313 g/mol. The number of primary amides is 1. The molecule has 1 atom stereocenters. The highest BCUT2D eigenvalue weighted by Crippen LogP contribution is 2.21. The van der Waals surface area contributed by atoms with E-state index in [4.69, 9.17) is 5.73 Å². The molecule has 6 heteroatoms. The Morgan fingerprint density at radius 1 is 1.39 bits per heavy atom. The zero-order valence-corrected chi connectivity index (χ0v) is 13.2. The molecular weight excluding hydrogens is 290 g/mol. The Labute approximate surface area is 136 Å². The van der Waals surface area contributed by atoms with Crippen LogP contribution in [0.4, 0.5) is 5.82 Å². The second-order valence-electron chi connectivity index (χ2n) is 5.99. The van der Waals surface area contributed by atoms with Gasteiger partial charge in [0, 0.05) is 25.6 Å². The SMILES string of the molecule is NC(=O)c1cnn2c1NCC(CNCCCc1ccccc1)C2. The maximum Gasteiger partial charge on any atom is 0.254 e. The molecule has 6 nitrogen and oxygen atoms in total. The van der Waals surface area contributed by atoms with E-state index < -0.39 is 5.91 Å². The van der Waals surface area contributed by atoms with Crippen LogP contribution in [0.1, 0.15) is 22.3 Å². The number of hydrogen-bond donors (Lipinski definition) is 3. The lowest BCUT2D eigenvalue weighted by Crippen LogP contribution is -2.36. The molecule has 1 unspecified atom stereocenters. The van der Waals surface area contributed by atoms with Gasteiger partial charge < -0.3 is 16.4 Å². The third-order valence-corrected chi connectivity index (χ3v) is 4.19. The van der Waals surface area contributed by atoms with Gasteiger partial charge in [0.1, 0.15) is 11.4 Å². The van der Waals surface area contributed by atoms with Gasteiger partial charge in [-0.1, -0.05) is 30.3 Å². The number of anilines is 1. The molecule has 3 rings (SSSR count). The number of hydrogen-bond acceptors (Lipinski definition) is 4. The Hall–Kier alpha value is -2.34. The molecule has 1 aromatic carbocycles. The lowest BCUT2D eigenvalue weighted by atomic mass is 10.1. The van der Waals surface area contributed by atoms with E-state index in [0.717, 1.165) is 44.8 Å². The van der Waals surface area contributed by atoms with Gasteiger partial charge in [-0.15, -0.1) is 0 Å². The highest BCUT2D eigenvalue weighted by Gasteiger charge is 2.23. The lowest BCUT2D eigenvalue weighted by molar-refractivity contribution is 0.100. The van der Waals surface area contributed by atoms with Gasteiger partial charge in [-0.3, -0.25) is 4.79 Å². The highest BCUT2D eigenvalue weighted by atomic mass is 16.1. The van der Waals surface area contributed by atoms with Gasteiger partial charge in [0.05, 0.1) is 6.20 Å². The summed E-state index contributed by atoms with van der Waals surface area (Å²) in [6.07, 6.45) is 3.77. The fraction of sp³-hybridized carbons (Fsp3) is 0.412. The van der Waals surface area contributed by atoms with Crippen LogP contribution in [-0.4, -0.2) is 35.3 Å². The standard InChI is InChI=1S/C17H23N5O/c18-16(23)15-11-21-22-12-14(10-20-17(15)22)9-19-8-4-7-13-5-2-1-3-6-13/h1-3,5-6,11,14,19-20H,4,7-10,12H2,(H2,18,23). The molecule has 0 aliphatic carbocycles. The summed E-state index contributed by atoms with van der Waals surface area (Å²) in [6.45, 7) is 3.58. The molecule has 122 valence electrons. The molecule has 1 aromatic heterocycles. The van der Waals surface area contributed by atoms with E-state index in [-0.39, 0.29) is 0 Å². The van der Waals surface area contributed by atoms with Gasteiger partial charge in [-0.25, -0.2) is 4.68 Å². The molecule has 0 fully saturated rings. The summed E-state index contributed by atoms with van der Waals surface area (Å²) < 4.78 is 1.83. The first-order valence-electron chi connectivity index (χ1n) is 8.08. The predicted octanol–water partition coefficient (Wildman–Crippen LogP) is 1.25. The van der Waals surface area contributed by atoms with Gasteiger partial charge in [0.2, 0.25) is 0 Å². The summed E-state index contributed by atoms with van der Waals surface area (Å²) >= 11 is 0. The maximum absolute atomic E-state index is 11.3. The summed E-state index contributed by atoms with van der Waals surface area (Å²) in [4.78, 5) is 11.3. The Bertz CT molecular complexity index is 652. The third kappa shape index (κ3) is 3.90. The molecule has 1 amide bonds. The predicted molar refractivity (Wildman–Crippen MR) is 90.4 cm³/mol. The van der Waals surface area contributed by atoms with Crippen LogP contribution in [-0.2, 0) is 13.0 Å². The molecule has 0 spiro atoms. The Balaban J connectivity index is 1.39. The first-order chi connectivity index (χ1) is 11.2. The van der Waals surface area contributed by atoms with Gasteiger partial charge in [-0.2, -0.15) is 5.10 Å². The van der Waals surface area contributed by atoms with Crippen LogP contribution >= 0.6 is 0 Å². The molecule has 0 saturated heterocycles. The summed E-state index contributed by atoms with van der Waals surface area (Å²) in [5.74, 6) is 0.772. The van der Waals surface area contributed by atoms with E-state index in [1.54, 1.807) is 6.20 Å². The van der Waals surface area contributed by atoms with Gasteiger partial charge in [0.25, 0.3) is 5.91 Å². The Kier molecular flexibility index (Phi) is 4.92. The normalized spacial score (nSPS) is 16.6. The van der Waals surface area contributed by atoms with E-state index in [1.807, 2.05) is 10.7 Å². The minimum absolute atomic E-state index is 0.434. The number of carbonyl (C=O) groups is 1. The number of aryl methyl sites for hydroxylation is 1. The molecule has 0 radical (unpaired) electrons. The molecule has 0 bridgehead atoms. The second-order valence-corrected chi connectivity index (χ2v) is 5.99. The van der Waals surface area contributed by atoms with Crippen molar-refractivity contribution in [1.82, 2.24) is 15.1 Å². The van der Waals surface area contributed by atoms with Crippen LogP contribution in [0.25, 0.3) is 0 Å². The molecule has 4 N–H and O–H groups in total. The van der Waals surface area contributed by atoms with Crippen molar-refractivity contribution in [2.45, 2.75) is 19.4 Å². The van der Waals surface area contributed by atoms with Gasteiger partial charge >= 0.3 is 0 Å². The topological polar surface area (TPSA) is 85.0 Å². The van der Waals surface area contributed by atoms with Crippen LogP contribution in [0.2, 0.25) is 0 Å². The van der Waals surface area contributed by atoms with E-state index >= 15 is 0 Å². The van der Waals surface area contributed by atoms with Crippen molar-refractivity contribution in [2.75, 3.05) is 25.0 Å². The number of nitrogens with two attached hydrogens (primary N) is 1. The van der Waals surface area contributed by atoms with Crippen LogP contribution in [0, 0.1) is 5.92 Å². The van der Waals surface area contributed by atoms with Crippen molar-refractivity contribution in [3.8, 4) is 0 Å². The van der Waals surface area contributed by atoms with E-state index in [0.29, 0.717) is 11.5 Å². The van der Waals surface area contributed by atoms with E-state index in [1.165, 1.54) is 5.56 Å². The van der Waals surface area contributed by atoms with Crippen molar-refractivity contribution >= 4 is 11.7 Å². The minimum atomic E-state index is -0.434. The smallest absolute Gasteiger partial charge is 0.254 e. The zero-order chi connectivity index (χ0) is 16.1. The number of amides is 1. The first kappa shape index (κ1) is 15.6. The van der Waals surface area contributed by atoms with Crippen molar-refractivity contribution in [3.05, 3.63) is 47.7 Å². The van der Waals surface area contributed by atoms with Crippen molar-refractivity contribution in [1.29, 1.82) is 0 Å². The number of aromatic nitrogens is 2. The largest absolute Gasteiger partial charge is 0.369 e. The summed E-state index contributed by atoms with van der Waals surface area (Å²) in [6, 6.07) is 10.5. The maximum atomic E-state index is 11.3. The Morgan fingerprint density at radius 3 is 3.00 bits per heavy atom. The van der Waals surface area contributed by atoms with E-state index in [9.17, 15) is 4.79 Å². The monoisotopic (exact) mass is 313 g/mol. The molecular formula is C17H23N5O. The summed E-state index contributed by atoms with van der Waals surface area (Å²) in [5, 5.41) is 11.0. The third-order valence-electron chi connectivity index (χ3n) is 4.19. The quantitative estimate of drug-likeness (QED) is 0.672. The van der Waals surface area contributed by atoms with Crippen LogP contribution < -0.4 is 16.4 Å². The van der Waals surface area contributed by atoms with Crippen molar-refractivity contribution in [2.24, 2.45) is 11.7 Å². The number of rotatable bonds is 7. The number of nitrogens with one attached hydrogen (secondary N) is 2. The van der Waals surface area contributed by atoms with Crippen LogP contribution in [0.15, 0.2) is 36.5 Å². The molecule has 0 saturated carbocycles. The molecule has 23 heavy (non-hydrogen) atoms. The highest BCUT2D eigenvalue weighted by molar-refractivity contribution is 5.97. The minimum Gasteiger partial charge on any atom is -0.369 e. The van der Waals surface area contributed by atoms with Gasteiger partial charge in [-0.05, 0) is 24.9 Å². The van der Waals surface area contributed by atoms with Crippen molar-refractivity contribution < 1.29 is 4.79 Å². The number of benzene rings is 1. The fourth-order valence-electron chi connectivity index (χ4n) is 2.95. The van der Waals surface area contributed by atoms with Crippen molar-refractivity contribution in [3.63, 3.8) is 0 Å². The molecule has 1 aliphatic rings. The lowest BCUT2D eigenvalue weighted by Gasteiger charge is -2.25. The van der Waals surface area contributed by atoms with Crippen LogP contribution in [0.3, 0.4) is 0 Å². The molecule has 1 aliphatic heterocycles. The van der Waals surface area contributed by atoms with E-state index in [2.05, 4.69) is 40.0 Å². The average Bonchev–Trinajstić information content (AvgIpc) is 2.99. The Morgan fingerprint density at radius 2 is 2.22 bits per heavy atom. The number of carbonyl (C=O) groups excluding carboxylic acids is 1. The molecule has 2 heterocycles.